The number of carboxylic acid groups (broad SMARTS) is 1. The highest BCUT2D eigenvalue weighted by atomic mass is 32.2. The van der Waals surface area contributed by atoms with E-state index in [2.05, 4.69) is 9.88 Å². The number of benzene rings is 1. The minimum Gasteiger partial charge on any atom is -0.477 e. The molecule has 0 aliphatic heterocycles. The molecule has 2 aromatic rings. The second-order valence-corrected chi connectivity index (χ2v) is 6.47. The molecule has 22 heavy (non-hydrogen) atoms. The molecule has 0 saturated carbocycles. The number of nitrogens with zero attached hydrogens (tertiary/aromatic N) is 1. The average Bonchev–Trinajstić information content (AvgIpc) is 2.82. The number of carboxylic acids is 1. The molecule has 9 heteroatoms. The molecule has 2 rings (SSSR count). The van der Waals surface area contributed by atoms with Crippen molar-refractivity contribution in [3.63, 3.8) is 0 Å². The molecule has 0 aliphatic carbocycles. The Kier molecular flexibility index (Phi) is 4.29. The lowest BCUT2D eigenvalue weighted by molar-refractivity contribution is 0.0694. The monoisotopic (exact) mass is 328 g/mol. The molecule has 0 amide bonds. The van der Waals surface area contributed by atoms with Crippen molar-refractivity contribution in [3.05, 3.63) is 41.4 Å². The van der Waals surface area contributed by atoms with Crippen LogP contribution in [0.5, 0.6) is 0 Å². The van der Waals surface area contributed by atoms with Gasteiger partial charge >= 0.3 is 5.97 Å². The van der Waals surface area contributed by atoms with Gasteiger partial charge in [0.25, 0.3) is 0 Å². The van der Waals surface area contributed by atoms with Crippen molar-refractivity contribution in [1.29, 1.82) is 0 Å². The van der Waals surface area contributed by atoms with E-state index in [1.165, 1.54) is 19.1 Å². The zero-order valence-corrected chi connectivity index (χ0v) is 12.5. The van der Waals surface area contributed by atoms with Gasteiger partial charge < -0.3 is 9.63 Å². The molecule has 2 N–H and O–H groups in total. The molecule has 0 radical (unpaired) electrons. The fourth-order valence-corrected chi connectivity index (χ4v) is 2.73. The second-order valence-electron chi connectivity index (χ2n) is 4.69. The first-order valence-electron chi connectivity index (χ1n) is 6.15. The van der Waals surface area contributed by atoms with E-state index in [4.69, 9.17) is 4.52 Å². The maximum Gasteiger partial charge on any atom is 0.341 e. The van der Waals surface area contributed by atoms with E-state index in [9.17, 15) is 22.7 Å². The number of aromatic carboxylic acids is 1. The SMILES string of the molecule is C[C@@H](NS(C)(=O)=O)c1onc(-c2ccc(F)cc2)c1C(=O)O. The highest BCUT2D eigenvalue weighted by Crippen LogP contribution is 2.29. The van der Waals surface area contributed by atoms with E-state index in [0.29, 0.717) is 5.56 Å². The molecule has 1 aromatic carbocycles. The van der Waals surface area contributed by atoms with Gasteiger partial charge in [-0.15, -0.1) is 0 Å². The number of halogens is 1. The quantitative estimate of drug-likeness (QED) is 0.866. The lowest BCUT2D eigenvalue weighted by Crippen LogP contribution is -2.26. The summed E-state index contributed by atoms with van der Waals surface area (Å²) in [6.07, 6.45) is 0.946. The fraction of sp³-hybridized carbons (Fsp3) is 0.231. The minimum absolute atomic E-state index is 0.00431. The van der Waals surface area contributed by atoms with Crippen molar-refractivity contribution in [3.8, 4) is 11.3 Å². The lowest BCUT2D eigenvalue weighted by Gasteiger charge is -2.09. The molecule has 1 heterocycles. The third-order valence-electron chi connectivity index (χ3n) is 2.83. The van der Waals surface area contributed by atoms with Gasteiger partial charge in [-0.1, -0.05) is 5.16 Å². The molecule has 1 aromatic heterocycles. The number of sulfonamides is 1. The van der Waals surface area contributed by atoms with Crippen LogP contribution >= 0.6 is 0 Å². The number of hydrogen-bond donors (Lipinski definition) is 2. The van der Waals surface area contributed by atoms with Gasteiger partial charge in [0.1, 0.15) is 17.1 Å². The maximum absolute atomic E-state index is 12.9. The summed E-state index contributed by atoms with van der Waals surface area (Å²) in [5, 5.41) is 13.0. The third kappa shape index (κ3) is 3.49. The highest BCUT2D eigenvalue weighted by molar-refractivity contribution is 7.88. The predicted molar refractivity (Wildman–Crippen MR) is 75.3 cm³/mol. The Balaban J connectivity index is 2.50. The smallest absolute Gasteiger partial charge is 0.341 e. The normalized spacial score (nSPS) is 13.0. The minimum atomic E-state index is -3.56. The molecule has 0 saturated heterocycles. The predicted octanol–water partition coefficient (Wildman–Crippen LogP) is 1.79. The van der Waals surface area contributed by atoms with E-state index >= 15 is 0 Å². The molecular weight excluding hydrogens is 315 g/mol. The van der Waals surface area contributed by atoms with Crippen LogP contribution in [0.15, 0.2) is 28.8 Å². The zero-order chi connectivity index (χ0) is 16.5. The standard InChI is InChI=1S/C13H13FN2O5S/c1-7(16-22(2,19)20)12-10(13(17)18)11(15-21-12)8-3-5-9(14)6-4-8/h3-7,16H,1-2H3,(H,17,18)/t7-/m1/s1. The van der Waals surface area contributed by atoms with Gasteiger partial charge in [0, 0.05) is 5.56 Å². The topological polar surface area (TPSA) is 110 Å². The van der Waals surface area contributed by atoms with Gasteiger partial charge in [-0.05, 0) is 31.2 Å². The number of nitrogens with one attached hydrogen (secondary N) is 1. The Morgan fingerprint density at radius 3 is 2.45 bits per heavy atom. The number of aromatic nitrogens is 1. The van der Waals surface area contributed by atoms with Crippen LogP contribution in [0.2, 0.25) is 0 Å². The van der Waals surface area contributed by atoms with E-state index in [1.807, 2.05) is 0 Å². The number of hydrogen-bond acceptors (Lipinski definition) is 5. The summed E-state index contributed by atoms with van der Waals surface area (Å²) in [6, 6.07) is 4.12. The summed E-state index contributed by atoms with van der Waals surface area (Å²) < 4.78 is 42.7. The summed E-state index contributed by atoms with van der Waals surface area (Å²) in [7, 11) is -3.56. The van der Waals surface area contributed by atoms with Crippen molar-refractivity contribution in [2.75, 3.05) is 6.26 Å². The molecule has 0 unspecified atom stereocenters. The Hall–Kier alpha value is -2.26. The van der Waals surface area contributed by atoms with E-state index in [-0.39, 0.29) is 17.0 Å². The van der Waals surface area contributed by atoms with Crippen molar-refractivity contribution in [1.82, 2.24) is 9.88 Å². The lowest BCUT2D eigenvalue weighted by atomic mass is 10.0. The maximum atomic E-state index is 12.9. The van der Waals surface area contributed by atoms with Gasteiger partial charge in [0.05, 0.1) is 12.3 Å². The van der Waals surface area contributed by atoms with Crippen LogP contribution in [-0.4, -0.2) is 30.9 Å². The summed E-state index contributed by atoms with van der Waals surface area (Å²) in [6.45, 7) is 1.43. The molecule has 0 aliphatic rings. The fourth-order valence-electron chi connectivity index (χ4n) is 1.98. The summed E-state index contributed by atoms with van der Waals surface area (Å²) in [5.74, 6) is -1.92. The van der Waals surface area contributed by atoms with Gasteiger partial charge in [-0.3, -0.25) is 0 Å². The van der Waals surface area contributed by atoms with Gasteiger partial charge in [-0.2, -0.15) is 0 Å². The number of rotatable bonds is 5. The molecule has 118 valence electrons. The summed E-state index contributed by atoms with van der Waals surface area (Å²) >= 11 is 0. The summed E-state index contributed by atoms with van der Waals surface area (Å²) in [5.41, 5.74) is 0.0836. The van der Waals surface area contributed by atoms with Crippen molar-refractivity contribution >= 4 is 16.0 Å². The van der Waals surface area contributed by atoms with Gasteiger partial charge in [0.2, 0.25) is 10.0 Å². The van der Waals surface area contributed by atoms with Crippen LogP contribution in [0.4, 0.5) is 4.39 Å². The van der Waals surface area contributed by atoms with E-state index < -0.39 is 27.9 Å². The Labute approximate surface area is 125 Å². The third-order valence-corrected chi connectivity index (χ3v) is 3.62. The largest absolute Gasteiger partial charge is 0.477 e. The second kappa shape index (κ2) is 5.85. The van der Waals surface area contributed by atoms with E-state index in [1.54, 1.807) is 0 Å². The zero-order valence-electron chi connectivity index (χ0n) is 11.7. The van der Waals surface area contributed by atoms with Crippen LogP contribution in [0.3, 0.4) is 0 Å². The Morgan fingerprint density at radius 1 is 1.36 bits per heavy atom. The van der Waals surface area contributed by atoms with Crippen molar-refractivity contribution < 1.29 is 27.2 Å². The first-order valence-corrected chi connectivity index (χ1v) is 8.04. The van der Waals surface area contributed by atoms with Crippen molar-refractivity contribution in [2.24, 2.45) is 0 Å². The van der Waals surface area contributed by atoms with Crippen molar-refractivity contribution in [2.45, 2.75) is 13.0 Å². The van der Waals surface area contributed by atoms with Gasteiger partial charge in [0.15, 0.2) is 5.76 Å². The van der Waals surface area contributed by atoms with Gasteiger partial charge in [-0.25, -0.2) is 22.3 Å². The van der Waals surface area contributed by atoms with E-state index in [0.717, 1.165) is 18.4 Å². The molecule has 0 spiro atoms. The average molecular weight is 328 g/mol. The van der Waals surface area contributed by atoms with Crippen LogP contribution in [0, 0.1) is 5.82 Å². The first kappa shape index (κ1) is 16.1. The Morgan fingerprint density at radius 2 is 1.95 bits per heavy atom. The van der Waals surface area contributed by atoms with Crippen LogP contribution in [-0.2, 0) is 10.0 Å². The molecular formula is C13H13FN2O5S. The molecule has 0 bridgehead atoms. The van der Waals surface area contributed by atoms with Crippen LogP contribution in [0.25, 0.3) is 11.3 Å². The van der Waals surface area contributed by atoms with Crippen LogP contribution < -0.4 is 4.72 Å². The molecule has 7 nitrogen and oxygen atoms in total. The summed E-state index contributed by atoms with van der Waals surface area (Å²) in [4.78, 5) is 11.5. The number of carbonyl (C=O) groups is 1. The Bertz CT molecular complexity index is 798. The van der Waals surface area contributed by atoms with Crippen LogP contribution in [0.1, 0.15) is 29.1 Å². The molecule has 1 atom stereocenters. The first-order chi connectivity index (χ1) is 10.2. The molecule has 0 fully saturated rings. The highest BCUT2D eigenvalue weighted by Gasteiger charge is 2.28.